The Bertz CT molecular complexity index is 522. The molecule has 112 valence electrons. The first-order chi connectivity index (χ1) is 10.3. The molecule has 0 saturated carbocycles. The molecular formula is C19H25NO. The van der Waals surface area contributed by atoms with Crippen LogP contribution in [-0.4, -0.2) is 19.7 Å². The summed E-state index contributed by atoms with van der Waals surface area (Å²) < 4.78 is 5.96. The zero-order chi connectivity index (χ0) is 14.9. The van der Waals surface area contributed by atoms with Crippen LogP contribution in [0.5, 0.6) is 5.75 Å². The topological polar surface area (TPSA) is 21.3 Å². The van der Waals surface area contributed by atoms with Crippen molar-refractivity contribution in [1.29, 1.82) is 0 Å². The van der Waals surface area contributed by atoms with Crippen molar-refractivity contribution in [1.82, 2.24) is 5.32 Å². The Morgan fingerprint density at radius 2 is 1.67 bits per heavy atom. The molecule has 0 radical (unpaired) electrons. The number of ether oxygens (including phenoxy) is 1. The smallest absolute Gasteiger partial charge is 0.127 e. The van der Waals surface area contributed by atoms with E-state index in [-0.39, 0.29) is 0 Å². The van der Waals surface area contributed by atoms with Crippen molar-refractivity contribution in [2.45, 2.75) is 20.3 Å². The lowest BCUT2D eigenvalue weighted by molar-refractivity contribution is 0.308. The van der Waals surface area contributed by atoms with Crippen molar-refractivity contribution >= 4 is 0 Å². The largest absolute Gasteiger partial charge is 0.493 e. The summed E-state index contributed by atoms with van der Waals surface area (Å²) in [5.41, 5.74) is 2.36. The molecule has 0 bridgehead atoms. The van der Waals surface area contributed by atoms with Gasteiger partial charge in [-0.15, -0.1) is 0 Å². The van der Waals surface area contributed by atoms with Crippen molar-refractivity contribution in [3.8, 4) is 16.9 Å². The predicted octanol–water partition coefficient (Wildman–Crippen LogP) is 4.37. The van der Waals surface area contributed by atoms with Crippen LogP contribution in [0.2, 0.25) is 0 Å². The number of hydrogen-bond acceptors (Lipinski definition) is 2. The van der Waals surface area contributed by atoms with Crippen LogP contribution in [0.4, 0.5) is 0 Å². The van der Waals surface area contributed by atoms with Gasteiger partial charge in [0.2, 0.25) is 0 Å². The Labute approximate surface area is 128 Å². The summed E-state index contributed by atoms with van der Waals surface area (Å²) in [6.07, 6.45) is 1.02. The Kier molecular flexibility index (Phi) is 6.29. The van der Waals surface area contributed by atoms with E-state index in [0.717, 1.165) is 37.4 Å². The van der Waals surface area contributed by atoms with E-state index in [1.165, 1.54) is 5.56 Å². The summed E-state index contributed by atoms with van der Waals surface area (Å²) >= 11 is 0. The number of hydrogen-bond donors (Lipinski definition) is 1. The van der Waals surface area contributed by atoms with E-state index in [1.54, 1.807) is 0 Å². The average Bonchev–Trinajstić information content (AvgIpc) is 2.52. The monoisotopic (exact) mass is 283 g/mol. The van der Waals surface area contributed by atoms with Gasteiger partial charge in [-0.05, 0) is 37.1 Å². The van der Waals surface area contributed by atoms with Crippen LogP contribution >= 0.6 is 0 Å². The fourth-order valence-electron chi connectivity index (χ4n) is 2.22. The van der Waals surface area contributed by atoms with E-state index in [1.807, 2.05) is 18.2 Å². The van der Waals surface area contributed by atoms with Gasteiger partial charge in [0.25, 0.3) is 0 Å². The van der Waals surface area contributed by atoms with E-state index in [4.69, 9.17) is 4.74 Å². The molecule has 2 nitrogen and oxygen atoms in total. The number of rotatable bonds is 8. The van der Waals surface area contributed by atoms with Gasteiger partial charge in [0, 0.05) is 5.56 Å². The van der Waals surface area contributed by atoms with Crippen LogP contribution in [-0.2, 0) is 0 Å². The Hall–Kier alpha value is -1.80. The maximum absolute atomic E-state index is 5.96. The fraction of sp³-hybridized carbons (Fsp3) is 0.368. The quantitative estimate of drug-likeness (QED) is 0.726. The van der Waals surface area contributed by atoms with Crippen LogP contribution in [0, 0.1) is 5.92 Å². The zero-order valence-corrected chi connectivity index (χ0v) is 13.0. The van der Waals surface area contributed by atoms with Gasteiger partial charge in [-0.25, -0.2) is 0 Å². The minimum absolute atomic E-state index is 0.699. The Morgan fingerprint density at radius 3 is 2.43 bits per heavy atom. The fourth-order valence-corrected chi connectivity index (χ4v) is 2.22. The van der Waals surface area contributed by atoms with Gasteiger partial charge < -0.3 is 10.1 Å². The first kappa shape index (κ1) is 15.6. The van der Waals surface area contributed by atoms with E-state index >= 15 is 0 Å². The molecule has 0 spiro atoms. The predicted molar refractivity (Wildman–Crippen MR) is 89.7 cm³/mol. The second-order valence-corrected chi connectivity index (χ2v) is 5.66. The molecule has 0 aliphatic heterocycles. The highest BCUT2D eigenvalue weighted by molar-refractivity contribution is 5.70. The average molecular weight is 283 g/mol. The molecule has 21 heavy (non-hydrogen) atoms. The van der Waals surface area contributed by atoms with E-state index in [9.17, 15) is 0 Å². The number of para-hydroxylation sites is 1. The van der Waals surface area contributed by atoms with Gasteiger partial charge in [-0.3, -0.25) is 0 Å². The molecule has 0 aliphatic rings. The molecule has 0 saturated heterocycles. The highest BCUT2D eigenvalue weighted by Crippen LogP contribution is 2.29. The van der Waals surface area contributed by atoms with Gasteiger partial charge in [0.1, 0.15) is 5.75 Å². The van der Waals surface area contributed by atoms with Crippen molar-refractivity contribution in [2.24, 2.45) is 5.92 Å². The molecule has 0 aromatic heterocycles. The first-order valence-corrected chi connectivity index (χ1v) is 7.75. The minimum Gasteiger partial charge on any atom is -0.493 e. The molecular weight excluding hydrogens is 258 g/mol. The van der Waals surface area contributed by atoms with Crippen LogP contribution in [0.25, 0.3) is 11.1 Å². The zero-order valence-electron chi connectivity index (χ0n) is 13.0. The lowest BCUT2D eigenvalue weighted by Gasteiger charge is -2.12. The highest BCUT2D eigenvalue weighted by Gasteiger charge is 2.04. The Morgan fingerprint density at radius 1 is 0.952 bits per heavy atom. The molecule has 0 aliphatic carbocycles. The molecule has 2 aromatic rings. The van der Waals surface area contributed by atoms with Crippen molar-refractivity contribution in [2.75, 3.05) is 19.7 Å². The molecule has 1 N–H and O–H groups in total. The third-order valence-electron chi connectivity index (χ3n) is 3.28. The maximum Gasteiger partial charge on any atom is 0.127 e. The first-order valence-electron chi connectivity index (χ1n) is 7.75. The van der Waals surface area contributed by atoms with Crippen LogP contribution < -0.4 is 10.1 Å². The van der Waals surface area contributed by atoms with E-state index in [2.05, 4.69) is 55.6 Å². The molecule has 0 fully saturated rings. The summed E-state index contributed by atoms with van der Waals surface area (Å²) in [6.45, 7) is 7.26. The highest BCUT2D eigenvalue weighted by atomic mass is 16.5. The van der Waals surface area contributed by atoms with Crippen molar-refractivity contribution < 1.29 is 4.74 Å². The summed E-state index contributed by atoms with van der Waals surface area (Å²) in [7, 11) is 0. The molecule has 0 heterocycles. The van der Waals surface area contributed by atoms with Gasteiger partial charge in [0.15, 0.2) is 0 Å². The second kappa shape index (κ2) is 8.48. The number of nitrogens with one attached hydrogen (secondary N) is 1. The molecule has 2 heteroatoms. The third-order valence-corrected chi connectivity index (χ3v) is 3.28. The minimum atomic E-state index is 0.699. The van der Waals surface area contributed by atoms with E-state index in [0.29, 0.717) is 5.92 Å². The van der Waals surface area contributed by atoms with Crippen LogP contribution in [0.15, 0.2) is 54.6 Å². The second-order valence-electron chi connectivity index (χ2n) is 5.66. The van der Waals surface area contributed by atoms with Gasteiger partial charge in [0.05, 0.1) is 6.61 Å². The van der Waals surface area contributed by atoms with Gasteiger partial charge >= 0.3 is 0 Å². The lowest BCUT2D eigenvalue weighted by atomic mass is 10.1. The standard InChI is InChI=1S/C19H25NO/c1-16(2)15-20-13-8-14-21-19-12-7-6-11-18(19)17-9-4-3-5-10-17/h3-7,9-12,16,20H,8,13-15H2,1-2H3. The number of benzene rings is 2. The molecule has 2 rings (SSSR count). The lowest BCUT2D eigenvalue weighted by Crippen LogP contribution is -2.22. The third kappa shape index (κ3) is 5.24. The molecule has 2 aromatic carbocycles. The van der Waals surface area contributed by atoms with Gasteiger partial charge in [-0.1, -0.05) is 62.4 Å². The molecule has 0 unspecified atom stereocenters. The summed E-state index contributed by atoms with van der Waals surface area (Å²) in [5.74, 6) is 1.66. The van der Waals surface area contributed by atoms with Crippen LogP contribution in [0.1, 0.15) is 20.3 Å². The SMILES string of the molecule is CC(C)CNCCCOc1ccccc1-c1ccccc1. The summed E-state index contributed by atoms with van der Waals surface area (Å²) in [5, 5.41) is 3.44. The normalized spacial score (nSPS) is 10.8. The van der Waals surface area contributed by atoms with Crippen LogP contribution in [0.3, 0.4) is 0 Å². The Balaban J connectivity index is 1.87. The van der Waals surface area contributed by atoms with Crippen molar-refractivity contribution in [3.05, 3.63) is 54.6 Å². The summed E-state index contributed by atoms with van der Waals surface area (Å²) in [4.78, 5) is 0. The maximum atomic E-state index is 5.96. The molecule has 0 atom stereocenters. The van der Waals surface area contributed by atoms with Gasteiger partial charge in [-0.2, -0.15) is 0 Å². The molecule has 0 amide bonds. The van der Waals surface area contributed by atoms with Crippen molar-refractivity contribution in [3.63, 3.8) is 0 Å². The summed E-state index contributed by atoms with van der Waals surface area (Å²) in [6, 6.07) is 18.6. The van der Waals surface area contributed by atoms with E-state index < -0.39 is 0 Å².